The number of carbonyl (C=O) groups excluding carboxylic acids is 1. The zero-order valence-electron chi connectivity index (χ0n) is 12.4. The molecule has 2 rings (SSSR count). The van der Waals surface area contributed by atoms with E-state index in [0.29, 0.717) is 0 Å². The number of hydrogen-bond donors (Lipinski definition) is 2. The van der Waals surface area contributed by atoms with E-state index in [1.54, 1.807) is 0 Å². The van der Waals surface area contributed by atoms with Gasteiger partial charge in [0.1, 0.15) is 0 Å². The van der Waals surface area contributed by atoms with Crippen LogP contribution in [0.5, 0.6) is 0 Å². The van der Waals surface area contributed by atoms with Crippen molar-refractivity contribution >= 4 is 11.6 Å². The Balaban J connectivity index is 2.09. The van der Waals surface area contributed by atoms with Gasteiger partial charge in [0.25, 0.3) is 11.8 Å². The molecule has 0 saturated carbocycles. The fraction of sp³-hybridized carbons (Fsp3) is 0.188. The Labute approximate surface area is 134 Å². The molecule has 2 aromatic rings. The van der Waals surface area contributed by atoms with Crippen molar-refractivity contribution in [2.75, 3.05) is 5.43 Å². The van der Waals surface area contributed by atoms with E-state index in [1.807, 2.05) is 0 Å². The van der Waals surface area contributed by atoms with Crippen molar-refractivity contribution in [2.45, 2.75) is 19.0 Å². The van der Waals surface area contributed by atoms with E-state index in [-0.39, 0.29) is 16.8 Å². The third-order valence-electron chi connectivity index (χ3n) is 3.20. The van der Waals surface area contributed by atoms with Gasteiger partial charge in [0.15, 0.2) is 0 Å². The van der Waals surface area contributed by atoms with Crippen LogP contribution in [0, 0.1) is 0 Å². The Morgan fingerprint density at radius 1 is 0.917 bits per heavy atom. The number of anilines is 1. The second-order valence-corrected chi connectivity index (χ2v) is 5.09. The monoisotopic (exact) mass is 344 g/mol. The van der Waals surface area contributed by atoms with Crippen LogP contribution in [0.1, 0.15) is 28.4 Å². The molecule has 3 nitrogen and oxygen atoms in total. The summed E-state index contributed by atoms with van der Waals surface area (Å²) in [6.45, 7) is 0.720. The molecule has 0 heterocycles. The highest BCUT2D eigenvalue weighted by Gasteiger charge is 2.33. The average molecular weight is 344 g/mol. The molecule has 0 aromatic heterocycles. The molecule has 2 N–H and O–H groups in total. The van der Waals surface area contributed by atoms with E-state index in [0.717, 1.165) is 31.2 Å². The van der Waals surface area contributed by atoms with Crippen molar-refractivity contribution in [1.29, 1.82) is 0 Å². The zero-order chi connectivity index (χ0) is 18.0. The molecular formula is C16H13F5N2O. The number of hydrogen-bond acceptors (Lipinski definition) is 2. The van der Waals surface area contributed by atoms with E-state index in [9.17, 15) is 26.7 Å². The Morgan fingerprint density at radius 3 is 2.04 bits per heavy atom. The Bertz CT molecular complexity index is 720. The molecule has 0 bridgehead atoms. The van der Waals surface area contributed by atoms with E-state index < -0.39 is 23.6 Å². The zero-order valence-corrected chi connectivity index (χ0v) is 12.4. The van der Waals surface area contributed by atoms with Gasteiger partial charge in [-0.2, -0.15) is 13.2 Å². The van der Waals surface area contributed by atoms with Crippen LogP contribution in [0.15, 0.2) is 48.5 Å². The lowest BCUT2D eigenvalue weighted by Crippen LogP contribution is -2.30. The van der Waals surface area contributed by atoms with E-state index in [4.69, 9.17) is 0 Å². The molecule has 128 valence electrons. The molecule has 2 aromatic carbocycles. The molecule has 24 heavy (non-hydrogen) atoms. The summed E-state index contributed by atoms with van der Waals surface area (Å²) in [5.41, 5.74) is 2.80. The number of alkyl halides is 5. The highest BCUT2D eigenvalue weighted by atomic mass is 19.4. The first-order chi connectivity index (χ1) is 11.1. The summed E-state index contributed by atoms with van der Waals surface area (Å²) in [5, 5.41) is 0. The Kier molecular flexibility index (Phi) is 4.77. The molecule has 8 heteroatoms. The number of rotatable bonds is 4. The van der Waals surface area contributed by atoms with Gasteiger partial charge >= 0.3 is 6.18 Å². The largest absolute Gasteiger partial charge is 0.418 e. The van der Waals surface area contributed by atoms with Gasteiger partial charge in [-0.3, -0.25) is 15.6 Å². The Hall–Kier alpha value is -2.64. The van der Waals surface area contributed by atoms with Crippen molar-refractivity contribution in [2.24, 2.45) is 0 Å². The predicted molar refractivity (Wildman–Crippen MR) is 78.5 cm³/mol. The number of carbonyl (C=O) groups is 1. The standard InChI is InChI=1S/C16H13F5N2O/c1-15(17,18)11-8-6-10(7-9-11)14(24)23-22-13-5-3-2-4-12(13)16(19,20)21/h2-9,22H,1H3,(H,23,24). The van der Waals surface area contributed by atoms with Gasteiger partial charge in [-0.1, -0.05) is 24.3 Å². The highest BCUT2D eigenvalue weighted by molar-refractivity contribution is 5.95. The number of hydrazine groups is 1. The highest BCUT2D eigenvalue weighted by Crippen LogP contribution is 2.34. The minimum atomic E-state index is -4.58. The van der Waals surface area contributed by atoms with Crippen molar-refractivity contribution < 1.29 is 26.7 Å². The predicted octanol–water partition coefficient (Wildman–Crippen LogP) is 4.57. The van der Waals surface area contributed by atoms with Crippen LogP contribution >= 0.6 is 0 Å². The molecule has 0 radical (unpaired) electrons. The second kappa shape index (κ2) is 6.46. The van der Waals surface area contributed by atoms with Crippen LogP contribution in [-0.2, 0) is 12.1 Å². The quantitative estimate of drug-likeness (QED) is 0.630. The summed E-state index contributed by atoms with van der Waals surface area (Å²) in [6.07, 6.45) is -4.58. The topological polar surface area (TPSA) is 41.1 Å². The lowest BCUT2D eigenvalue weighted by Gasteiger charge is -2.15. The molecule has 1 amide bonds. The first-order valence-electron chi connectivity index (χ1n) is 6.80. The minimum absolute atomic E-state index is 0.0278. The SMILES string of the molecule is CC(F)(F)c1ccc(C(=O)NNc2ccccc2C(F)(F)F)cc1. The van der Waals surface area contributed by atoms with Gasteiger partial charge in [-0.25, -0.2) is 8.78 Å². The van der Waals surface area contributed by atoms with Gasteiger partial charge in [-0.15, -0.1) is 0 Å². The first kappa shape index (κ1) is 17.7. The summed E-state index contributed by atoms with van der Waals surface area (Å²) >= 11 is 0. The van der Waals surface area contributed by atoms with Gasteiger partial charge < -0.3 is 0 Å². The Morgan fingerprint density at radius 2 is 1.50 bits per heavy atom. The first-order valence-corrected chi connectivity index (χ1v) is 6.80. The van der Waals surface area contributed by atoms with Crippen LogP contribution in [0.4, 0.5) is 27.6 Å². The molecule has 0 aliphatic heterocycles. The van der Waals surface area contributed by atoms with Gasteiger partial charge in [-0.05, 0) is 24.3 Å². The summed E-state index contributed by atoms with van der Waals surface area (Å²) in [7, 11) is 0. The number of nitrogens with one attached hydrogen (secondary N) is 2. The second-order valence-electron chi connectivity index (χ2n) is 5.09. The summed E-state index contributed by atoms with van der Waals surface area (Å²) in [6, 6.07) is 9.12. The van der Waals surface area contributed by atoms with Crippen molar-refractivity contribution in [1.82, 2.24) is 5.43 Å². The molecule has 0 aliphatic carbocycles. The fourth-order valence-electron chi connectivity index (χ4n) is 1.95. The van der Waals surface area contributed by atoms with Crippen LogP contribution in [-0.4, -0.2) is 5.91 Å². The number of benzene rings is 2. The van der Waals surface area contributed by atoms with Crippen LogP contribution in [0.25, 0.3) is 0 Å². The maximum Gasteiger partial charge on any atom is 0.418 e. The van der Waals surface area contributed by atoms with Crippen molar-refractivity contribution in [3.8, 4) is 0 Å². The maximum absolute atomic E-state index is 13.1. The van der Waals surface area contributed by atoms with E-state index in [2.05, 4.69) is 10.9 Å². The lowest BCUT2D eigenvalue weighted by molar-refractivity contribution is -0.137. The summed E-state index contributed by atoms with van der Waals surface area (Å²) in [5.74, 6) is -3.79. The van der Waals surface area contributed by atoms with Gasteiger partial charge in [0, 0.05) is 18.1 Å². The fourth-order valence-corrected chi connectivity index (χ4v) is 1.95. The third-order valence-corrected chi connectivity index (χ3v) is 3.20. The van der Waals surface area contributed by atoms with E-state index in [1.165, 1.54) is 24.3 Å². The number of amides is 1. The van der Waals surface area contributed by atoms with Gasteiger partial charge in [0.05, 0.1) is 11.3 Å². The minimum Gasteiger partial charge on any atom is -0.298 e. The van der Waals surface area contributed by atoms with Gasteiger partial charge in [0.2, 0.25) is 0 Å². The number of para-hydroxylation sites is 1. The summed E-state index contributed by atoms with van der Waals surface area (Å²) in [4.78, 5) is 11.9. The number of halogens is 5. The van der Waals surface area contributed by atoms with Crippen LogP contribution < -0.4 is 10.9 Å². The molecule has 0 saturated heterocycles. The van der Waals surface area contributed by atoms with Crippen LogP contribution in [0.2, 0.25) is 0 Å². The molecular weight excluding hydrogens is 331 g/mol. The van der Waals surface area contributed by atoms with E-state index >= 15 is 0 Å². The normalized spacial score (nSPS) is 11.9. The smallest absolute Gasteiger partial charge is 0.298 e. The third kappa shape index (κ3) is 4.21. The van der Waals surface area contributed by atoms with Crippen LogP contribution in [0.3, 0.4) is 0 Å². The molecule has 0 spiro atoms. The molecule has 0 atom stereocenters. The molecule has 0 fully saturated rings. The summed E-state index contributed by atoms with van der Waals surface area (Å²) < 4.78 is 64.7. The maximum atomic E-state index is 13.1. The lowest BCUT2D eigenvalue weighted by atomic mass is 10.1. The van der Waals surface area contributed by atoms with Crippen molar-refractivity contribution in [3.63, 3.8) is 0 Å². The molecule has 0 unspecified atom stereocenters. The average Bonchev–Trinajstić information content (AvgIpc) is 2.51. The van der Waals surface area contributed by atoms with Crippen molar-refractivity contribution in [3.05, 3.63) is 65.2 Å². The molecule has 0 aliphatic rings.